The fourth-order valence-corrected chi connectivity index (χ4v) is 2.12. The first kappa shape index (κ1) is 16.7. The normalized spacial score (nSPS) is 9.43. The van der Waals surface area contributed by atoms with E-state index in [1.165, 1.54) is 19.3 Å². The molecule has 0 heterocycles. The Morgan fingerprint density at radius 2 is 1.61 bits per heavy atom. The van der Waals surface area contributed by atoms with Crippen LogP contribution in [-0.4, -0.2) is 6.01 Å². The van der Waals surface area contributed by atoms with Gasteiger partial charge >= 0.3 is 0 Å². The second-order valence-electron chi connectivity index (χ2n) is 5.28. The maximum Gasteiger partial charge on any atom is 0.100 e. The molecule has 2 rings (SSSR count). The quantitative estimate of drug-likeness (QED) is 0.358. The van der Waals surface area contributed by atoms with Crippen LogP contribution in [0.25, 0.3) is 0 Å². The zero-order valence-corrected chi connectivity index (χ0v) is 13.6. The van der Waals surface area contributed by atoms with E-state index in [0.717, 1.165) is 29.8 Å². The van der Waals surface area contributed by atoms with Gasteiger partial charge in [-0.05, 0) is 30.2 Å². The van der Waals surface area contributed by atoms with Crippen molar-refractivity contribution in [3.63, 3.8) is 0 Å². The molecule has 23 heavy (non-hydrogen) atoms. The zero-order valence-electron chi connectivity index (χ0n) is 13.6. The Morgan fingerprint density at radius 1 is 0.826 bits per heavy atom. The molecule has 0 fully saturated rings. The third-order valence-corrected chi connectivity index (χ3v) is 3.41. The van der Waals surface area contributed by atoms with Crippen molar-refractivity contribution in [3.05, 3.63) is 60.2 Å². The molecule has 0 radical (unpaired) electrons. The lowest BCUT2D eigenvalue weighted by Crippen LogP contribution is -1.82. The average molecular weight is 302 g/mol. The number of benzene rings is 2. The van der Waals surface area contributed by atoms with Gasteiger partial charge in [-0.1, -0.05) is 62.1 Å². The summed E-state index contributed by atoms with van der Waals surface area (Å²) in [6.45, 7) is 2.21. The van der Waals surface area contributed by atoms with Crippen LogP contribution in [0, 0.1) is 11.8 Å². The molecule has 0 unspecified atom stereocenters. The van der Waals surface area contributed by atoms with Crippen LogP contribution in [0.15, 0.2) is 64.6 Å². The number of nitrogens with zero attached hydrogens (tertiary/aromatic N) is 2. The smallest absolute Gasteiger partial charge is 0.100 e. The van der Waals surface area contributed by atoms with E-state index in [1.54, 1.807) is 0 Å². The first-order chi connectivity index (χ1) is 11.4. The van der Waals surface area contributed by atoms with Crippen LogP contribution < -0.4 is 0 Å². The maximum atomic E-state index is 4.35. The Morgan fingerprint density at radius 3 is 2.43 bits per heavy atom. The van der Waals surface area contributed by atoms with E-state index in [4.69, 9.17) is 0 Å². The Labute approximate surface area is 139 Å². The molecule has 2 heteroatoms. The molecule has 116 valence electrons. The van der Waals surface area contributed by atoms with Crippen LogP contribution in [0.4, 0.5) is 11.4 Å². The van der Waals surface area contributed by atoms with Gasteiger partial charge in [0.1, 0.15) is 6.01 Å². The largest absolute Gasteiger partial charge is 0.188 e. The van der Waals surface area contributed by atoms with E-state index in [-0.39, 0.29) is 0 Å². The van der Waals surface area contributed by atoms with E-state index in [0.29, 0.717) is 0 Å². The van der Waals surface area contributed by atoms with Gasteiger partial charge in [0.15, 0.2) is 0 Å². The Balaban J connectivity index is 2.01. The first-order valence-corrected chi connectivity index (χ1v) is 8.15. The van der Waals surface area contributed by atoms with Gasteiger partial charge in [0.25, 0.3) is 0 Å². The van der Waals surface area contributed by atoms with Gasteiger partial charge in [0.2, 0.25) is 0 Å². The fourth-order valence-electron chi connectivity index (χ4n) is 2.12. The van der Waals surface area contributed by atoms with Gasteiger partial charge in [0, 0.05) is 12.8 Å². The second kappa shape index (κ2) is 10.2. The first-order valence-electron chi connectivity index (χ1n) is 8.15. The summed E-state index contributed by atoms with van der Waals surface area (Å²) in [5, 5.41) is 0. The molecule has 0 aliphatic heterocycles. The van der Waals surface area contributed by atoms with Gasteiger partial charge in [-0.2, -0.15) is 9.98 Å². The average Bonchev–Trinajstić information content (AvgIpc) is 2.60. The third-order valence-electron chi connectivity index (χ3n) is 3.41. The lowest BCUT2D eigenvalue weighted by molar-refractivity contribution is 0.737. The molecular weight excluding hydrogens is 280 g/mol. The lowest BCUT2D eigenvalue weighted by Gasteiger charge is -1.98. The summed E-state index contributed by atoms with van der Waals surface area (Å²) < 4.78 is 0. The van der Waals surface area contributed by atoms with Crippen molar-refractivity contribution < 1.29 is 0 Å². The molecule has 0 aromatic heterocycles. The van der Waals surface area contributed by atoms with Crippen molar-refractivity contribution >= 4 is 17.4 Å². The highest BCUT2D eigenvalue weighted by Crippen LogP contribution is 2.18. The van der Waals surface area contributed by atoms with Gasteiger partial charge in [-0.3, -0.25) is 0 Å². The van der Waals surface area contributed by atoms with Gasteiger partial charge < -0.3 is 0 Å². The van der Waals surface area contributed by atoms with Gasteiger partial charge in [-0.25, -0.2) is 0 Å². The summed E-state index contributed by atoms with van der Waals surface area (Å²) in [5.41, 5.74) is 2.85. The van der Waals surface area contributed by atoms with E-state index in [9.17, 15) is 0 Å². The summed E-state index contributed by atoms with van der Waals surface area (Å²) in [7, 11) is 0. The minimum absolute atomic E-state index is 0.721. The van der Waals surface area contributed by atoms with Crippen LogP contribution in [-0.2, 0) is 6.42 Å². The summed E-state index contributed by atoms with van der Waals surface area (Å²) in [6.07, 6.45) is 5.38. The molecular formula is C21H22N2. The number of hydrogen-bond acceptors (Lipinski definition) is 2. The third kappa shape index (κ3) is 6.34. The van der Waals surface area contributed by atoms with Crippen LogP contribution >= 0.6 is 0 Å². The van der Waals surface area contributed by atoms with E-state index >= 15 is 0 Å². The molecule has 0 atom stereocenters. The van der Waals surface area contributed by atoms with Crippen molar-refractivity contribution in [1.29, 1.82) is 0 Å². The number of hydrogen-bond donors (Lipinski definition) is 0. The van der Waals surface area contributed by atoms with Crippen molar-refractivity contribution in [2.24, 2.45) is 9.98 Å². The molecule has 2 aromatic rings. The monoisotopic (exact) mass is 302 g/mol. The predicted octanol–water partition coefficient (Wildman–Crippen LogP) is 5.95. The van der Waals surface area contributed by atoms with Crippen molar-refractivity contribution in [2.75, 3.05) is 0 Å². The molecule has 0 amide bonds. The fraction of sp³-hybridized carbons (Fsp3) is 0.286. The molecule has 0 N–H and O–H groups in total. The highest BCUT2D eigenvalue weighted by atomic mass is 14.8. The summed E-state index contributed by atoms with van der Waals surface area (Å²) >= 11 is 0. The summed E-state index contributed by atoms with van der Waals surface area (Å²) in [6, 6.07) is 20.5. The summed E-state index contributed by atoms with van der Waals surface area (Å²) in [4.78, 5) is 8.57. The minimum Gasteiger partial charge on any atom is -0.188 e. The van der Waals surface area contributed by atoms with E-state index in [1.807, 2.05) is 48.5 Å². The Hall–Kier alpha value is -2.62. The SMILES string of the molecule is CCCCCC#CCc1ccccc1N=C=Nc1ccccc1. The predicted molar refractivity (Wildman–Crippen MR) is 97.7 cm³/mol. The number of aliphatic imine (C=N–C) groups is 2. The highest BCUT2D eigenvalue weighted by Gasteiger charge is 1.97. The van der Waals surface area contributed by atoms with Crippen molar-refractivity contribution in [3.8, 4) is 11.8 Å². The zero-order chi connectivity index (χ0) is 16.2. The lowest BCUT2D eigenvalue weighted by atomic mass is 10.1. The van der Waals surface area contributed by atoms with Gasteiger partial charge in [-0.15, -0.1) is 5.92 Å². The molecule has 0 spiro atoms. The highest BCUT2D eigenvalue weighted by molar-refractivity contribution is 5.60. The number of unbranched alkanes of at least 4 members (excludes halogenated alkanes) is 3. The number of para-hydroxylation sites is 2. The second-order valence-corrected chi connectivity index (χ2v) is 5.28. The van der Waals surface area contributed by atoms with E-state index < -0.39 is 0 Å². The van der Waals surface area contributed by atoms with Gasteiger partial charge in [0.05, 0.1) is 11.4 Å². The molecule has 0 bridgehead atoms. The number of rotatable bonds is 6. The Kier molecular flexibility index (Phi) is 7.40. The molecule has 0 saturated heterocycles. The van der Waals surface area contributed by atoms with Crippen LogP contribution in [0.3, 0.4) is 0 Å². The van der Waals surface area contributed by atoms with Crippen LogP contribution in [0.5, 0.6) is 0 Å². The molecule has 2 aromatic carbocycles. The molecule has 2 nitrogen and oxygen atoms in total. The summed E-state index contributed by atoms with van der Waals surface area (Å²) in [5.74, 6) is 6.48. The minimum atomic E-state index is 0.721. The Bertz CT molecular complexity index is 714. The van der Waals surface area contributed by atoms with Crippen molar-refractivity contribution in [1.82, 2.24) is 0 Å². The van der Waals surface area contributed by atoms with E-state index in [2.05, 4.69) is 40.8 Å². The molecule has 0 aliphatic rings. The van der Waals surface area contributed by atoms with Crippen molar-refractivity contribution in [2.45, 2.75) is 39.0 Å². The molecule has 0 aliphatic carbocycles. The topological polar surface area (TPSA) is 24.7 Å². The van der Waals surface area contributed by atoms with Crippen LogP contribution in [0.2, 0.25) is 0 Å². The molecule has 0 saturated carbocycles. The van der Waals surface area contributed by atoms with Crippen LogP contribution in [0.1, 0.15) is 38.2 Å². The standard InChI is InChI=1S/C21H22N2/c1-2-3-4-5-6-8-13-19-14-11-12-17-21(19)23-18-22-20-15-9-7-10-16-20/h7,9-12,14-17H,2-5,13H2,1H3. The maximum absolute atomic E-state index is 4.35.